The van der Waals surface area contributed by atoms with Crippen LogP contribution in [0.5, 0.6) is 17.2 Å². The molecule has 0 aromatic heterocycles. The van der Waals surface area contributed by atoms with Crippen LogP contribution < -0.4 is 14.2 Å². The number of ether oxygens (including phenoxy) is 4. The average Bonchev–Trinajstić information content (AvgIpc) is 2.55. The molecule has 1 aromatic carbocycles. The molecule has 1 atom stereocenters. The van der Waals surface area contributed by atoms with E-state index in [0.717, 1.165) is 13.1 Å². The first-order valence-corrected chi connectivity index (χ1v) is 6.92. The zero-order valence-electron chi connectivity index (χ0n) is 13.0. The SMILES string of the molecule is COc1cccc(OC)c1OC(=O)[C@@H](C)N1CCOCC1.Cl. The second-order valence-corrected chi connectivity index (χ2v) is 4.74. The highest BCUT2D eigenvalue weighted by Gasteiger charge is 2.26. The number of hydrogen-bond acceptors (Lipinski definition) is 6. The van der Waals surface area contributed by atoms with Gasteiger partial charge in [-0.15, -0.1) is 12.4 Å². The highest BCUT2D eigenvalue weighted by molar-refractivity contribution is 5.85. The third-order valence-corrected chi connectivity index (χ3v) is 3.52. The minimum absolute atomic E-state index is 0. The van der Waals surface area contributed by atoms with E-state index in [-0.39, 0.29) is 24.4 Å². The van der Waals surface area contributed by atoms with Gasteiger partial charge in [0.2, 0.25) is 5.75 Å². The predicted molar refractivity (Wildman–Crippen MR) is 84.3 cm³/mol. The quantitative estimate of drug-likeness (QED) is 0.605. The van der Waals surface area contributed by atoms with Crippen molar-refractivity contribution in [3.8, 4) is 17.2 Å². The molecule has 124 valence electrons. The molecule has 1 heterocycles. The number of methoxy groups -OCH3 is 2. The summed E-state index contributed by atoms with van der Waals surface area (Å²) in [5, 5.41) is 0. The summed E-state index contributed by atoms with van der Waals surface area (Å²) >= 11 is 0. The van der Waals surface area contributed by atoms with Gasteiger partial charge < -0.3 is 18.9 Å². The normalized spacial score (nSPS) is 16.3. The molecule has 0 bridgehead atoms. The number of hydrogen-bond donors (Lipinski definition) is 0. The van der Waals surface area contributed by atoms with E-state index in [9.17, 15) is 4.79 Å². The van der Waals surface area contributed by atoms with Crippen LogP contribution in [0, 0.1) is 0 Å². The van der Waals surface area contributed by atoms with Gasteiger partial charge in [0.25, 0.3) is 0 Å². The lowest BCUT2D eigenvalue weighted by molar-refractivity contribution is -0.141. The molecule has 0 amide bonds. The van der Waals surface area contributed by atoms with Gasteiger partial charge in [0.1, 0.15) is 6.04 Å². The van der Waals surface area contributed by atoms with Crippen LogP contribution in [0.4, 0.5) is 0 Å². The van der Waals surface area contributed by atoms with Crippen LogP contribution in [0.25, 0.3) is 0 Å². The lowest BCUT2D eigenvalue weighted by Gasteiger charge is -2.30. The first-order chi connectivity index (χ1) is 10.2. The van der Waals surface area contributed by atoms with Crippen molar-refractivity contribution in [3.05, 3.63) is 18.2 Å². The molecule has 1 fully saturated rings. The van der Waals surface area contributed by atoms with Gasteiger partial charge in [0, 0.05) is 13.1 Å². The molecule has 1 aliphatic heterocycles. The minimum atomic E-state index is -0.344. The topological polar surface area (TPSA) is 57.2 Å². The fourth-order valence-electron chi connectivity index (χ4n) is 2.22. The zero-order valence-corrected chi connectivity index (χ0v) is 13.9. The first-order valence-electron chi connectivity index (χ1n) is 6.92. The average molecular weight is 332 g/mol. The molecule has 7 heteroatoms. The lowest BCUT2D eigenvalue weighted by atomic mass is 10.2. The second kappa shape index (κ2) is 8.82. The van der Waals surface area contributed by atoms with Gasteiger partial charge >= 0.3 is 5.97 Å². The third kappa shape index (κ3) is 4.25. The van der Waals surface area contributed by atoms with Crippen LogP contribution in [0.15, 0.2) is 18.2 Å². The van der Waals surface area contributed by atoms with Crippen molar-refractivity contribution in [1.82, 2.24) is 4.90 Å². The van der Waals surface area contributed by atoms with E-state index in [1.807, 2.05) is 11.8 Å². The van der Waals surface area contributed by atoms with Crippen molar-refractivity contribution in [1.29, 1.82) is 0 Å². The van der Waals surface area contributed by atoms with Gasteiger partial charge in [-0.1, -0.05) is 6.07 Å². The molecule has 0 spiro atoms. The second-order valence-electron chi connectivity index (χ2n) is 4.74. The van der Waals surface area contributed by atoms with Crippen molar-refractivity contribution in [2.24, 2.45) is 0 Å². The molecule has 22 heavy (non-hydrogen) atoms. The molecule has 0 radical (unpaired) electrons. The van der Waals surface area contributed by atoms with Gasteiger partial charge in [0.15, 0.2) is 11.5 Å². The molecule has 6 nitrogen and oxygen atoms in total. The van der Waals surface area contributed by atoms with Gasteiger partial charge in [-0.25, -0.2) is 4.79 Å². The summed E-state index contributed by atoms with van der Waals surface area (Å²) in [5.74, 6) is 0.918. The van der Waals surface area contributed by atoms with E-state index in [2.05, 4.69) is 0 Å². The van der Waals surface area contributed by atoms with Crippen LogP contribution in [0.1, 0.15) is 6.92 Å². The smallest absolute Gasteiger partial charge is 0.328 e. The lowest BCUT2D eigenvalue weighted by Crippen LogP contribution is -2.47. The van der Waals surface area contributed by atoms with E-state index in [4.69, 9.17) is 18.9 Å². The summed E-state index contributed by atoms with van der Waals surface area (Å²) in [4.78, 5) is 14.4. The summed E-state index contributed by atoms with van der Waals surface area (Å²) in [6.45, 7) is 4.54. The van der Waals surface area contributed by atoms with Crippen molar-refractivity contribution in [3.63, 3.8) is 0 Å². The Morgan fingerprint density at radius 3 is 2.23 bits per heavy atom. The Balaban J connectivity index is 0.00000242. The van der Waals surface area contributed by atoms with Crippen LogP contribution in [0.2, 0.25) is 0 Å². The molecule has 1 saturated heterocycles. The monoisotopic (exact) mass is 331 g/mol. The first kappa shape index (κ1) is 18.5. The molecule has 0 N–H and O–H groups in total. The van der Waals surface area contributed by atoms with Crippen LogP contribution in [0.3, 0.4) is 0 Å². The van der Waals surface area contributed by atoms with E-state index < -0.39 is 0 Å². The van der Waals surface area contributed by atoms with Crippen molar-refractivity contribution in [2.45, 2.75) is 13.0 Å². The fourth-order valence-corrected chi connectivity index (χ4v) is 2.22. The molecular weight excluding hydrogens is 310 g/mol. The van der Waals surface area contributed by atoms with E-state index in [0.29, 0.717) is 30.5 Å². The summed E-state index contributed by atoms with van der Waals surface area (Å²) in [5.41, 5.74) is 0. The largest absolute Gasteiger partial charge is 0.493 e. The van der Waals surface area contributed by atoms with Gasteiger partial charge in [-0.05, 0) is 19.1 Å². The third-order valence-electron chi connectivity index (χ3n) is 3.52. The van der Waals surface area contributed by atoms with E-state index in [1.165, 1.54) is 14.2 Å². The summed E-state index contributed by atoms with van der Waals surface area (Å²) in [6, 6.07) is 4.89. The van der Waals surface area contributed by atoms with Crippen LogP contribution in [-0.4, -0.2) is 57.4 Å². The number of nitrogens with zero attached hydrogens (tertiary/aromatic N) is 1. The fraction of sp³-hybridized carbons (Fsp3) is 0.533. The summed E-state index contributed by atoms with van der Waals surface area (Å²) in [6.07, 6.45) is 0. The number of esters is 1. The van der Waals surface area contributed by atoms with Gasteiger partial charge in [-0.2, -0.15) is 0 Å². The standard InChI is InChI=1S/C15H21NO5.ClH/c1-11(16-7-9-20-10-8-16)15(17)21-14-12(18-2)5-4-6-13(14)19-3;/h4-6,11H,7-10H2,1-3H3;1H/t11-;/m1./s1. The Bertz CT molecular complexity index is 469. The number of rotatable bonds is 5. The zero-order chi connectivity index (χ0) is 15.2. The number of carbonyl (C=O) groups is 1. The van der Waals surface area contributed by atoms with Crippen molar-refractivity contribution < 1.29 is 23.7 Å². The maximum absolute atomic E-state index is 12.3. The van der Waals surface area contributed by atoms with Gasteiger partial charge in [0.05, 0.1) is 27.4 Å². The van der Waals surface area contributed by atoms with Crippen molar-refractivity contribution in [2.75, 3.05) is 40.5 Å². The number of benzene rings is 1. The van der Waals surface area contributed by atoms with Gasteiger partial charge in [-0.3, -0.25) is 4.90 Å². The van der Waals surface area contributed by atoms with Crippen LogP contribution >= 0.6 is 12.4 Å². The maximum Gasteiger partial charge on any atom is 0.328 e. The Kier molecular flexibility index (Phi) is 7.44. The number of para-hydroxylation sites is 1. The molecule has 0 aliphatic carbocycles. The highest BCUT2D eigenvalue weighted by Crippen LogP contribution is 2.37. The minimum Gasteiger partial charge on any atom is -0.493 e. The molecule has 0 unspecified atom stereocenters. The number of halogens is 1. The maximum atomic E-state index is 12.3. The predicted octanol–water partition coefficient (Wildman–Crippen LogP) is 1.75. The Morgan fingerprint density at radius 2 is 1.73 bits per heavy atom. The number of carbonyl (C=O) groups excluding carboxylic acids is 1. The Morgan fingerprint density at radius 1 is 1.18 bits per heavy atom. The summed E-state index contributed by atoms with van der Waals surface area (Å²) in [7, 11) is 3.05. The number of morpholine rings is 1. The van der Waals surface area contributed by atoms with Crippen LogP contribution in [-0.2, 0) is 9.53 Å². The van der Waals surface area contributed by atoms with E-state index >= 15 is 0 Å². The van der Waals surface area contributed by atoms with Crippen molar-refractivity contribution >= 4 is 18.4 Å². The molecular formula is C15H22ClNO5. The molecule has 2 rings (SSSR count). The highest BCUT2D eigenvalue weighted by atomic mass is 35.5. The molecule has 0 saturated carbocycles. The Labute approximate surface area is 136 Å². The summed E-state index contributed by atoms with van der Waals surface area (Å²) < 4.78 is 21.2. The molecule has 1 aliphatic rings. The molecule has 1 aromatic rings. The van der Waals surface area contributed by atoms with E-state index in [1.54, 1.807) is 18.2 Å². The Hall–Kier alpha value is -1.50.